The van der Waals surface area contributed by atoms with E-state index in [0.29, 0.717) is 18.0 Å². The summed E-state index contributed by atoms with van der Waals surface area (Å²) in [6.07, 6.45) is 2.23. The zero-order valence-corrected chi connectivity index (χ0v) is 15.0. The molecule has 0 bridgehead atoms. The molecule has 0 spiro atoms. The summed E-state index contributed by atoms with van der Waals surface area (Å²) < 4.78 is 1.23. The minimum absolute atomic E-state index is 0.0682. The van der Waals surface area contributed by atoms with Gasteiger partial charge in [-0.2, -0.15) is 0 Å². The van der Waals surface area contributed by atoms with Crippen LogP contribution in [0.3, 0.4) is 0 Å². The highest BCUT2D eigenvalue weighted by Gasteiger charge is 2.29. The molecule has 2 aromatic carbocycles. The van der Waals surface area contributed by atoms with Crippen LogP contribution in [0.25, 0.3) is 21.1 Å². The number of rotatable bonds is 3. The number of nitrogens with zero attached hydrogens (tertiary/aromatic N) is 3. The predicted molar refractivity (Wildman–Crippen MR) is 104 cm³/mol. The molecular weight excluding hydrogens is 344 g/mol. The van der Waals surface area contributed by atoms with Crippen LogP contribution >= 0.6 is 11.3 Å². The van der Waals surface area contributed by atoms with Gasteiger partial charge in [0, 0.05) is 0 Å². The number of hydrogen-bond donors (Lipinski definition) is 1. The van der Waals surface area contributed by atoms with Gasteiger partial charge in [-0.25, -0.2) is 9.97 Å². The average Bonchev–Trinajstić information content (AvgIpc) is 3.28. The van der Waals surface area contributed by atoms with Gasteiger partial charge in [0.2, 0.25) is 0 Å². The number of aromatic amines is 1. The quantitative estimate of drug-likeness (QED) is 0.601. The standard InChI is InChI=1S/C20H18N4OS/c25-19-13-6-1-2-7-14(13)21-18(23-19)12-24-11-5-9-16(24)20-22-15-8-3-4-10-17(15)26-20/h1-4,6-8,10,16H,5,9,11-12H2,(H,21,23,25)/t16-/m0/s1. The number of para-hydroxylation sites is 2. The van der Waals surface area contributed by atoms with E-state index in [-0.39, 0.29) is 5.56 Å². The Bertz CT molecular complexity index is 1120. The largest absolute Gasteiger partial charge is 0.309 e. The first kappa shape index (κ1) is 15.7. The summed E-state index contributed by atoms with van der Waals surface area (Å²) in [5.74, 6) is 0.724. The van der Waals surface area contributed by atoms with E-state index in [2.05, 4.69) is 33.1 Å². The van der Waals surface area contributed by atoms with Crippen LogP contribution in [0.4, 0.5) is 0 Å². The highest BCUT2D eigenvalue weighted by molar-refractivity contribution is 7.18. The Morgan fingerprint density at radius 3 is 2.77 bits per heavy atom. The lowest BCUT2D eigenvalue weighted by atomic mass is 10.2. The summed E-state index contributed by atoms with van der Waals surface area (Å²) in [5.41, 5.74) is 1.75. The van der Waals surface area contributed by atoms with Crippen molar-refractivity contribution in [3.05, 3.63) is 69.7 Å². The van der Waals surface area contributed by atoms with Crippen molar-refractivity contribution in [3.63, 3.8) is 0 Å². The topological polar surface area (TPSA) is 61.9 Å². The molecule has 6 heteroatoms. The van der Waals surface area contributed by atoms with Gasteiger partial charge in [-0.1, -0.05) is 24.3 Å². The number of H-pyrrole nitrogens is 1. The molecule has 1 atom stereocenters. The van der Waals surface area contributed by atoms with Crippen LogP contribution in [0.15, 0.2) is 53.3 Å². The summed E-state index contributed by atoms with van der Waals surface area (Å²) >= 11 is 1.77. The normalized spacial score (nSPS) is 18.1. The maximum absolute atomic E-state index is 12.3. The molecular formula is C20H18N4OS. The van der Waals surface area contributed by atoms with E-state index < -0.39 is 0 Å². The molecule has 0 radical (unpaired) electrons. The van der Waals surface area contributed by atoms with Crippen molar-refractivity contribution in [2.24, 2.45) is 0 Å². The highest BCUT2D eigenvalue weighted by atomic mass is 32.1. The third-order valence-electron chi connectivity index (χ3n) is 4.97. The molecule has 4 aromatic rings. The SMILES string of the molecule is O=c1[nH]c(CN2CCC[C@H]2c2nc3ccccc3s2)nc2ccccc12. The van der Waals surface area contributed by atoms with Crippen LogP contribution in [0.2, 0.25) is 0 Å². The fourth-order valence-electron chi connectivity index (χ4n) is 3.73. The molecule has 26 heavy (non-hydrogen) atoms. The summed E-state index contributed by atoms with van der Waals surface area (Å²) in [6, 6.07) is 16.1. The van der Waals surface area contributed by atoms with E-state index in [4.69, 9.17) is 4.98 Å². The molecule has 1 aliphatic rings. The molecule has 1 fully saturated rings. The number of likely N-dealkylation sites (tertiary alicyclic amines) is 1. The molecule has 1 aliphatic heterocycles. The smallest absolute Gasteiger partial charge is 0.258 e. The Morgan fingerprint density at radius 2 is 1.88 bits per heavy atom. The molecule has 5 rings (SSSR count). The lowest BCUT2D eigenvalue weighted by Gasteiger charge is -2.22. The summed E-state index contributed by atoms with van der Waals surface area (Å²) in [4.78, 5) is 27.1. The molecule has 5 nitrogen and oxygen atoms in total. The number of aromatic nitrogens is 3. The molecule has 2 aromatic heterocycles. The monoisotopic (exact) mass is 362 g/mol. The summed E-state index contributed by atoms with van der Waals surface area (Å²) in [5, 5.41) is 1.80. The molecule has 1 N–H and O–H groups in total. The third kappa shape index (κ3) is 2.71. The van der Waals surface area contributed by atoms with Gasteiger partial charge in [0.15, 0.2) is 0 Å². The zero-order chi connectivity index (χ0) is 17.5. The van der Waals surface area contributed by atoms with Crippen molar-refractivity contribution in [1.82, 2.24) is 19.9 Å². The lowest BCUT2D eigenvalue weighted by molar-refractivity contribution is 0.242. The average molecular weight is 362 g/mol. The van der Waals surface area contributed by atoms with E-state index in [9.17, 15) is 4.79 Å². The van der Waals surface area contributed by atoms with Gasteiger partial charge in [-0.15, -0.1) is 11.3 Å². The second kappa shape index (κ2) is 6.30. The van der Waals surface area contributed by atoms with Crippen molar-refractivity contribution in [2.45, 2.75) is 25.4 Å². The van der Waals surface area contributed by atoms with Crippen LogP contribution in [0, 0.1) is 0 Å². The number of fused-ring (bicyclic) bond motifs is 2. The van der Waals surface area contributed by atoms with Crippen molar-refractivity contribution in [1.29, 1.82) is 0 Å². The minimum Gasteiger partial charge on any atom is -0.309 e. The highest BCUT2D eigenvalue weighted by Crippen LogP contribution is 2.36. The Morgan fingerprint density at radius 1 is 1.08 bits per heavy atom. The van der Waals surface area contributed by atoms with Gasteiger partial charge in [-0.3, -0.25) is 9.69 Å². The molecule has 0 unspecified atom stereocenters. The van der Waals surface area contributed by atoms with E-state index in [1.54, 1.807) is 11.3 Å². The number of nitrogens with one attached hydrogen (secondary N) is 1. The zero-order valence-electron chi connectivity index (χ0n) is 14.2. The number of benzene rings is 2. The fraction of sp³-hybridized carbons (Fsp3) is 0.250. The molecule has 0 amide bonds. The molecule has 130 valence electrons. The van der Waals surface area contributed by atoms with Gasteiger partial charge >= 0.3 is 0 Å². The number of thiazole rings is 1. The first-order valence-electron chi connectivity index (χ1n) is 8.85. The van der Waals surface area contributed by atoms with E-state index in [0.717, 1.165) is 41.3 Å². The van der Waals surface area contributed by atoms with Crippen molar-refractivity contribution < 1.29 is 0 Å². The molecule has 3 heterocycles. The second-order valence-corrected chi connectivity index (χ2v) is 7.74. The first-order valence-corrected chi connectivity index (χ1v) is 9.67. The maximum Gasteiger partial charge on any atom is 0.258 e. The Labute approximate surface area is 154 Å². The fourth-order valence-corrected chi connectivity index (χ4v) is 4.87. The van der Waals surface area contributed by atoms with E-state index >= 15 is 0 Å². The van der Waals surface area contributed by atoms with Crippen LogP contribution in [0.5, 0.6) is 0 Å². The summed E-state index contributed by atoms with van der Waals surface area (Å²) in [6.45, 7) is 1.64. The Hall–Kier alpha value is -2.57. The van der Waals surface area contributed by atoms with Crippen LogP contribution < -0.4 is 5.56 Å². The van der Waals surface area contributed by atoms with Crippen molar-refractivity contribution in [3.8, 4) is 0 Å². The van der Waals surface area contributed by atoms with Gasteiger partial charge in [0.1, 0.15) is 10.8 Å². The van der Waals surface area contributed by atoms with Gasteiger partial charge in [0.05, 0.1) is 33.7 Å². The Kier molecular flexibility index (Phi) is 3.80. The van der Waals surface area contributed by atoms with Gasteiger partial charge in [-0.05, 0) is 43.7 Å². The molecule has 0 aliphatic carbocycles. The van der Waals surface area contributed by atoms with Crippen LogP contribution in [0.1, 0.15) is 29.7 Å². The second-order valence-electron chi connectivity index (χ2n) is 6.68. The van der Waals surface area contributed by atoms with Gasteiger partial charge in [0.25, 0.3) is 5.56 Å². The number of hydrogen-bond acceptors (Lipinski definition) is 5. The van der Waals surface area contributed by atoms with Crippen molar-refractivity contribution in [2.75, 3.05) is 6.54 Å². The van der Waals surface area contributed by atoms with Gasteiger partial charge < -0.3 is 4.98 Å². The molecule has 1 saturated heterocycles. The maximum atomic E-state index is 12.3. The van der Waals surface area contributed by atoms with Crippen molar-refractivity contribution >= 4 is 32.5 Å². The minimum atomic E-state index is -0.0682. The van der Waals surface area contributed by atoms with E-state index in [1.807, 2.05) is 30.3 Å². The first-order chi connectivity index (χ1) is 12.8. The lowest BCUT2D eigenvalue weighted by Crippen LogP contribution is -2.25. The van der Waals surface area contributed by atoms with E-state index in [1.165, 1.54) is 4.70 Å². The Balaban J connectivity index is 1.47. The summed E-state index contributed by atoms with van der Waals surface area (Å²) in [7, 11) is 0. The molecule has 0 saturated carbocycles. The predicted octanol–water partition coefficient (Wildman–Crippen LogP) is 3.87. The van der Waals surface area contributed by atoms with Crippen LogP contribution in [-0.4, -0.2) is 26.4 Å². The van der Waals surface area contributed by atoms with Crippen LogP contribution in [-0.2, 0) is 6.54 Å². The third-order valence-corrected chi connectivity index (χ3v) is 6.11.